The number of aryl methyl sites for hydroxylation is 1. The zero-order valence-corrected chi connectivity index (χ0v) is 10.5. The molecule has 0 bridgehead atoms. The molecule has 0 amide bonds. The van der Waals surface area contributed by atoms with E-state index in [-0.39, 0.29) is 0 Å². The largest absolute Gasteiger partial charge is 0.497 e. The summed E-state index contributed by atoms with van der Waals surface area (Å²) in [5.41, 5.74) is 1.94. The van der Waals surface area contributed by atoms with Gasteiger partial charge in [-0.1, -0.05) is 12.1 Å². The molecule has 2 heteroatoms. The number of carbonyl (C=O) groups excluding carboxylic acids is 1. The lowest BCUT2D eigenvalue weighted by Crippen LogP contribution is -2.36. The first-order valence-electron chi connectivity index (χ1n) is 5.93. The highest BCUT2D eigenvalue weighted by atomic mass is 16.5. The summed E-state index contributed by atoms with van der Waals surface area (Å²) < 4.78 is 5.25. The van der Waals surface area contributed by atoms with Gasteiger partial charge in [0.25, 0.3) is 0 Å². The van der Waals surface area contributed by atoms with Gasteiger partial charge in [0.2, 0.25) is 0 Å². The fraction of sp³-hybridized carbons (Fsp3) is 0.400. The van der Waals surface area contributed by atoms with Gasteiger partial charge in [-0.15, -0.1) is 6.58 Å². The maximum absolute atomic E-state index is 12.2. The Morgan fingerprint density at radius 2 is 2.24 bits per heavy atom. The van der Waals surface area contributed by atoms with Gasteiger partial charge in [-0.05, 0) is 43.0 Å². The topological polar surface area (TPSA) is 26.3 Å². The smallest absolute Gasteiger partial charge is 0.143 e. The zero-order chi connectivity index (χ0) is 12.5. The molecule has 0 saturated heterocycles. The molecule has 1 atom stereocenters. The quantitative estimate of drug-likeness (QED) is 0.746. The summed E-state index contributed by atoms with van der Waals surface area (Å²) in [4.78, 5) is 12.2. The van der Waals surface area contributed by atoms with E-state index in [4.69, 9.17) is 4.74 Å². The van der Waals surface area contributed by atoms with E-state index in [9.17, 15) is 4.79 Å². The predicted molar refractivity (Wildman–Crippen MR) is 68.5 cm³/mol. The van der Waals surface area contributed by atoms with E-state index in [1.165, 1.54) is 5.56 Å². The van der Waals surface area contributed by atoms with Gasteiger partial charge in [-0.25, -0.2) is 0 Å². The van der Waals surface area contributed by atoms with Gasteiger partial charge in [-0.3, -0.25) is 4.79 Å². The number of allylic oxidation sites excluding steroid dienone is 1. The highest BCUT2D eigenvalue weighted by molar-refractivity contribution is 5.92. The molecule has 1 aliphatic carbocycles. The number of Topliss-reactive ketones (excluding diaryl/α,β-unsaturated/α-hetero) is 1. The standard InChI is InChI=1S/C15H18O2/c1-4-9-15(2)13-10-12(17-3)7-5-11(13)6-8-14(15)16/h4-5,7,10H,1,6,8-9H2,2-3H3/t15-/m0/s1. The molecule has 0 radical (unpaired) electrons. The van der Waals surface area contributed by atoms with Crippen LogP contribution < -0.4 is 4.74 Å². The second-order valence-electron chi connectivity index (χ2n) is 4.77. The van der Waals surface area contributed by atoms with Crippen molar-refractivity contribution in [2.24, 2.45) is 0 Å². The lowest BCUT2D eigenvalue weighted by molar-refractivity contribution is -0.124. The second kappa shape index (κ2) is 4.36. The maximum Gasteiger partial charge on any atom is 0.143 e. The number of hydrogen-bond acceptors (Lipinski definition) is 2. The van der Waals surface area contributed by atoms with Crippen LogP contribution in [0.15, 0.2) is 30.9 Å². The summed E-state index contributed by atoms with van der Waals surface area (Å²) in [5.74, 6) is 1.12. The van der Waals surface area contributed by atoms with Gasteiger partial charge in [0.05, 0.1) is 12.5 Å². The predicted octanol–water partition coefficient (Wildman–Crippen LogP) is 3.04. The first-order chi connectivity index (χ1) is 8.11. The van der Waals surface area contributed by atoms with Gasteiger partial charge >= 0.3 is 0 Å². The van der Waals surface area contributed by atoms with Crippen LogP contribution in [0, 0.1) is 0 Å². The summed E-state index contributed by atoms with van der Waals surface area (Å²) in [6.07, 6.45) is 3.98. The van der Waals surface area contributed by atoms with Crippen molar-refractivity contribution in [1.82, 2.24) is 0 Å². The number of fused-ring (bicyclic) bond motifs is 1. The lowest BCUT2D eigenvalue weighted by Gasteiger charge is -2.34. The first kappa shape index (κ1) is 11.9. The molecule has 2 rings (SSSR count). The van der Waals surface area contributed by atoms with E-state index in [1.807, 2.05) is 25.1 Å². The molecule has 0 heterocycles. The Labute approximate surface area is 102 Å². The molecule has 1 aromatic carbocycles. The Morgan fingerprint density at radius 3 is 2.88 bits per heavy atom. The van der Waals surface area contributed by atoms with E-state index in [1.54, 1.807) is 7.11 Å². The molecule has 2 nitrogen and oxygen atoms in total. The van der Waals surface area contributed by atoms with Crippen LogP contribution in [0.5, 0.6) is 5.75 Å². The monoisotopic (exact) mass is 230 g/mol. The minimum absolute atomic E-state index is 0.304. The lowest BCUT2D eigenvalue weighted by atomic mass is 9.68. The summed E-state index contributed by atoms with van der Waals surface area (Å²) >= 11 is 0. The van der Waals surface area contributed by atoms with Crippen molar-refractivity contribution in [3.8, 4) is 5.75 Å². The van der Waals surface area contributed by atoms with E-state index < -0.39 is 5.41 Å². The van der Waals surface area contributed by atoms with Crippen LogP contribution in [0.4, 0.5) is 0 Å². The minimum atomic E-state index is -0.427. The zero-order valence-electron chi connectivity index (χ0n) is 10.5. The number of methoxy groups -OCH3 is 1. The number of ketones is 1. The van der Waals surface area contributed by atoms with Gasteiger partial charge in [0, 0.05) is 6.42 Å². The Bertz CT molecular complexity index is 462. The summed E-state index contributed by atoms with van der Waals surface area (Å²) in [6, 6.07) is 6.03. The van der Waals surface area contributed by atoms with Crippen molar-refractivity contribution in [2.75, 3.05) is 7.11 Å². The Kier molecular flexibility index (Phi) is 3.05. The van der Waals surface area contributed by atoms with E-state index >= 15 is 0 Å². The number of ether oxygens (including phenoxy) is 1. The van der Waals surface area contributed by atoms with Gasteiger partial charge in [0.15, 0.2) is 0 Å². The fourth-order valence-corrected chi connectivity index (χ4v) is 2.60. The number of rotatable bonds is 3. The van der Waals surface area contributed by atoms with Crippen molar-refractivity contribution >= 4 is 5.78 Å². The van der Waals surface area contributed by atoms with Crippen molar-refractivity contribution in [1.29, 1.82) is 0 Å². The van der Waals surface area contributed by atoms with Crippen LogP contribution >= 0.6 is 0 Å². The van der Waals surface area contributed by atoms with Crippen molar-refractivity contribution < 1.29 is 9.53 Å². The molecule has 1 aliphatic rings. The average molecular weight is 230 g/mol. The number of benzene rings is 1. The van der Waals surface area contributed by atoms with E-state index in [0.717, 1.165) is 17.7 Å². The Morgan fingerprint density at radius 1 is 1.47 bits per heavy atom. The van der Waals surface area contributed by atoms with Crippen LogP contribution in [0.1, 0.15) is 30.9 Å². The average Bonchev–Trinajstić information content (AvgIpc) is 2.34. The Hall–Kier alpha value is -1.57. The number of carbonyl (C=O) groups is 1. The molecule has 1 aromatic rings. The van der Waals surface area contributed by atoms with Gasteiger partial charge in [0.1, 0.15) is 11.5 Å². The molecule has 90 valence electrons. The molecular weight excluding hydrogens is 212 g/mol. The van der Waals surface area contributed by atoms with E-state index in [2.05, 4.69) is 12.6 Å². The maximum atomic E-state index is 12.2. The van der Waals surface area contributed by atoms with Gasteiger partial charge < -0.3 is 4.74 Å². The second-order valence-corrected chi connectivity index (χ2v) is 4.77. The SMILES string of the molecule is C=CC[C@]1(C)C(=O)CCc2ccc(OC)cc21. The third kappa shape index (κ3) is 1.88. The van der Waals surface area contributed by atoms with Crippen molar-refractivity contribution in [2.45, 2.75) is 31.6 Å². The van der Waals surface area contributed by atoms with Crippen LogP contribution in [0.2, 0.25) is 0 Å². The molecular formula is C15H18O2. The first-order valence-corrected chi connectivity index (χ1v) is 5.93. The molecule has 0 spiro atoms. The van der Waals surface area contributed by atoms with Gasteiger partial charge in [-0.2, -0.15) is 0 Å². The van der Waals surface area contributed by atoms with Crippen molar-refractivity contribution in [3.63, 3.8) is 0 Å². The molecule has 0 saturated carbocycles. The third-order valence-electron chi connectivity index (χ3n) is 3.70. The highest BCUT2D eigenvalue weighted by Gasteiger charge is 2.38. The highest BCUT2D eigenvalue weighted by Crippen LogP contribution is 2.39. The molecule has 0 aliphatic heterocycles. The van der Waals surface area contributed by atoms with Crippen LogP contribution in [-0.2, 0) is 16.6 Å². The fourth-order valence-electron chi connectivity index (χ4n) is 2.60. The number of hydrogen-bond donors (Lipinski definition) is 0. The Balaban J connectivity index is 2.56. The molecule has 17 heavy (non-hydrogen) atoms. The van der Waals surface area contributed by atoms with Crippen LogP contribution in [0.3, 0.4) is 0 Å². The summed E-state index contributed by atoms with van der Waals surface area (Å²) in [6.45, 7) is 5.77. The van der Waals surface area contributed by atoms with Crippen molar-refractivity contribution in [3.05, 3.63) is 42.0 Å². The molecule has 0 unspecified atom stereocenters. The summed E-state index contributed by atoms with van der Waals surface area (Å²) in [7, 11) is 1.65. The van der Waals surface area contributed by atoms with Crippen LogP contribution in [-0.4, -0.2) is 12.9 Å². The minimum Gasteiger partial charge on any atom is -0.497 e. The molecule has 0 N–H and O–H groups in total. The normalized spacial score (nSPS) is 23.1. The molecule has 0 fully saturated rings. The van der Waals surface area contributed by atoms with Crippen LogP contribution in [0.25, 0.3) is 0 Å². The third-order valence-corrected chi connectivity index (χ3v) is 3.70. The molecule has 0 aromatic heterocycles. The van der Waals surface area contributed by atoms with E-state index in [0.29, 0.717) is 18.6 Å². The summed E-state index contributed by atoms with van der Waals surface area (Å²) in [5, 5.41) is 0.